The molecule has 3 aliphatic rings. The van der Waals surface area contributed by atoms with E-state index in [1.165, 1.54) is 0 Å². The lowest BCUT2D eigenvalue weighted by Gasteiger charge is -2.51. The molecule has 3 saturated heterocycles. The zero-order valence-electron chi connectivity index (χ0n) is 16.3. The van der Waals surface area contributed by atoms with Gasteiger partial charge in [-0.05, 0) is 31.6 Å². The maximum absolute atomic E-state index is 13.4. The first-order valence-electron chi connectivity index (χ1n) is 9.99. The molecule has 0 bridgehead atoms. The number of piperidine rings is 1. The molecule has 2 unspecified atom stereocenters. The molecule has 3 rings (SSSR count). The van der Waals surface area contributed by atoms with E-state index in [2.05, 4.69) is 0 Å². The number of carboxylic acid groups (broad SMARTS) is 1. The van der Waals surface area contributed by atoms with Crippen molar-refractivity contribution in [2.24, 2.45) is 11.8 Å². The van der Waals surface area contributed by atoms with Crippen molar-refractivity contribution in [1.82, 2.24) is 9.80 Å². The quantitative estimate of drug-likeness (QED) is 0.671. The molecule has 0 saturated carbocycles. The van der Waals surface area contributed by atoms with Crippen molar-refractivity contribution >= 4 is 6.09 Å². The Labute approximate surface area is 170 Å². The first-order valence-corrected chi connectivity index (χ1v) is 9.99. The molecule has 1 N–H and O–H groups in total. The molecule has 6 nitrogen and oxygen atoms in total. The lowest BCUT2D eigenvalue weighted by molar-refractivity contribution is -0.331. The van der Waals surface area contributed by atoms with Crippen LogP contribution in [0, 0.1) is 11.8 Å². The van der Waals surface area contributed by atoms with Crippen LogP contribution in [0.1, 0.15) is 25.7 Å². The normalized spacial score (nSPS) is 28.8. The topological polar surface area (TPSA) is 62.2 Å². The highest BCUT2D eigenvalue weighted by atomic mass is 19.4. The summed E-state index contributed by atoms with van der Waals surface area (Å²) < 4.78 is 91.3. The third kappa shape index (κ3) is 5.50. The second-order valence-electron chi connectivity index (χ2n) is 8.45. The molecule has 0 aromatic carbocycles. The number of halogens is 6. The van der Waals surface area contributed by atoms with Crippen LogP contribution >= 0.6 is 0 Å². The molecule has 174 valence electrons. The van der Waals surface area contributed by atoms with Crippen LogP contribution in [0.3, 0.4) is 0 Å². The predicted molar refractivity (Wildman–Crippen MR) is 92.0 cm³/mol. The van der Waals surface area contributed by atoms with Crippen molar-refractivity contribution in [2.45, 2.75) is 49.7 Å². The molecule has 2 atom stereocenters. The van der Waals surface area contributed by atoms with E-state index in [9.17, 15) is 31.1 Å². The van der Waals surface area contributed by atoms with Gasteiger partial charge >= 0.3 is 18.4 Å². The fourth-order valence-corrected chi connectivity index (χ4v) is 4.74. The number of morpholine rings is 1. The Morgan fingerprint density at radius 1 is 1.13 bits per heavy atom. The first kappa shape index (κ1) is 23.4. The largest absolute Gasteiger partial charge is 0.465 e. The summed E-state index contributed by atoms with van der Waals surface area (Å²) in [5.41, 5.74) is -1.24. The molecule has 3 aliphatic heterocycles. The van der Waals surface area contributed by atoms with Crippen molar-refractivity contribution in [3.63, 3.8) is 0 Å². The first-order chi connectivity index (χ1) is 13.9. The van der Waals surface area contributed by atoms with E-state index >= 15 is 0 Å². The second kappa shape index (κ2) is 8.70. The van der Waals surface area contributed by atoms with Crippen LogP contribution in [0.15, 0.2) is 0 Å². The number of rotatable bonds is 3. The molecular weight excluding hydrogens is 422 g/mol. The minimum atomic E-state index is -5.50. The molecule has 30 heavy (non-hydrogen) atoms. The number of nitrogens with zero attached hydrogens (tertiary/aromatic N) is 2. The van der Waals surface area contributed by atoms with Crippen LogP contribution in [-0.4, -0.2) is 91.0 Å². The Morgan fingerprint density at radius 2 is 1.77 bits per heavy atom. The Kier molecular flexibility index (Phi) is 6.78. The zero-order valence-corrected chi connectivity index (χ0v) is 16.3. The van der Waals surface area contributed by atoms with Gasteiger partial charge in [-0.15, -0.1) is 0 Å². The number of ether oxygens (including phenoxy) is 2. The Morgan fingerprint density at radius 3 is 2.27 bits per heavy atom. The van der Waals surface area contributed by atoms with E-state index < -0.39 is 42.6 Å². The van der Waals surface area contributed by atoms with E-state index in [4.69, 9.17) is 14.6 Å². The highest BCUT2D eigenvalue weighted by Gasteiger charge is 2.63. The van der Waals surface area contributed by atoms with E-state index in [1.54, 1.807) is 4.90 Å². The highest BCUT2D eigenvalue weighted by Crippen LogP contribution is 2.46. The number of amides is 1. The summed E-state index contributed by atoms with van der Waals surface area (Å²) in [5.74, 6) is -3.56. The maximum atomic E-state index is 13.4. The third-order valence-electron chi connectivity index (χ3n) is 6.14. The van der Waals surface area contributed by atoms with Gasteiger partial charge in [0.05, 0.1) is 18.3 Å². The molecule has 3 fully saturated rings. The van der Waals surface area contributed by atoms with Crippen LogP contribution in [-0.2, 0) is 9.47 Å². The molecule has 1 amide bonds. The third-order valence-corrected chi connectivity index (χ3v) is 6.14. The van der Waals surface area contributed by atoms with Gasteiger partial charge in [-0.2, -0.15) is 26.3 Å². The Hall–Kier alpha value is -1.27. The predicted octanol–water partition coefficient (Wildman–Crippen LogP) is 3.37. The van der Waals surface area contributed by atoms with Gasteiger partial charge in [-0.3, -0.25) is 4.90 Å². The molecule has 1 spiro atoms. The zero-order chi connectivity index (χ0) is 22.2. The number of alkyl halides is 6. The van der Waals surface area contributed by atoms with Crippen molar-refractivity contribution in [1.29, 1.82) is 0 Å². The van der Waals surface area contributed by atoms with Crippen molar-refractivity contribution in [2.75, 3.05) is 45.9 Å². The van der Waals surface area contributed by atoms with Gasteiger partial charge in [-0.25, -0.2) is 4.79 Å². The van der Waals surface area contributed by atoms with Gasteiger partial charge in [0.1, 0.15) is 0 Å². The summed E-state index contributed by atoms with van der Waals surface area (Å²) in [5, 5.41) is 9.11. The Bertz CT molecular complexity index is 586. The second-order valence-corrected chi connectivity index (χ2v) is 8.45. The summed E-state index contributed by atoms with van der Waals surface area (Å²) in [7, 11) is 0. The summed E-state index contributed by atoms with van der Waals surface area (Å²) in [6.07, 6.45) is -12.6. The van der Waals surface area contributed by atoms with E-state index in [0.717, 1.165) is 17.7 Å². The van der Waals surface area contributed by atoms with Gasteiger partial charge in [-0.1, -0.05) is 0 Å². The number of likely N-dealkylation sites (tertiary alicyclic amines) is 1. The lowest BCUT2D eigenvalue weighted by atomic mass is 9.86. The summed E-state index contributed by atoms with van der Waals surface area (Å²) in [4.78, 5) is 13.9. The van der Waals surface area contributed by atoms with E-state index in [1.807, 2.05) is 0 Å². The Balaban J connectivity index is 1.82. The van der Waals surface area contributed by atoms with Crippen LogP contribution in [0.5, 0.6) is 0 Å². The highest BCUT2D eigenvalue weighted by molar-refractivity contribution is 5.65. The monoisotopic (exact) mass is 448 g/mol. The van der Waals surface area contributed by atoms with Gasteiger partial charge in [0, 0.05) is 39.3 Å². The number of carbonyl (C=O) groups is 1. The standard InChI is InChI=1S/C18H26F6N2O4/c19-17(20,21)14(18(22,23)24)13-9-25(8-12-2-1-7-29-10-12)11-16(30-13)3-5-26(6-4-16)15(27)28/h12-14H,1-11H2,(H,27,28). The molecule has 0 aliphatic carbocycles. The van der Waals surface area contributed by atoms with Crippen LogP contribution < -0.4 is 0 Å². The van der Waals surface area contributed by atoms with E-state index in [0.29, 0.717) is 19.8 Å². The SMILES string of the molecule is O=C(O)N1CCC2(CC1)CN(CC1CCCOC1)CC(C(C(F)(F)F)C(F)(F)F)O2. The maximum Gasteiger partial charge on any atom is 0.407 e. The minimum Gasteiger partial charge on any atom is -0.465 e. The fourth-order valence-electron chi connectivity index (χ4n) is 4.74. The van der Waals surface area contributed by atoms with Crippen LogP contribution in [0.25, 0.3) is 0 Å². The van der Waals surface area contributed by atoms with Crippen LogP contribution in [0.4, 0.5) is 31.1 Å². The van der Waals surface area contributed by atoms with Crippen molar-refractivity contribution < 1.29 is 45.7 Å². The summed E-state index contributed by atoms with van der Waals surface area (Å²) in [6.45, 7) is 1.05. The van der Waals surface area contributed by atoms with E-state index in [-0.39, 0.29) is 38.4 Å². The number of hydrogen-bond acceptors (Lipinski definition) is 4. The average molecular weight is 448 g/mol. The minimum absolute atomic E-state index is 0.00509. The molecule has 12 heteroatoms. The van der Waals surface area contributed by atoms with Crippen molar-refractivity contribution in [3.05, 3.63) is 0 Å². The molecule has 0 aromatic rings. The van der Waals surface area contributed by atoms with Gasteiger partial charge in [0.25, 0.3) is 0 Å². The fraction of sp³-hybridized carbons (Fsp3) is 0.944. The smallest absolute Gasteiger partial charge is 0.407 e. The molecule has 0 radical (unpaired) electrons. The summed E-state index contributed by atoms with van der Waals surface area (Å²) >= 11 is 0. The van der Waals surface area contributed by atoms with Crippen LogP contribution in [0.2, 0.25) is 0 Å². The molecular formula is C18H26F6N2O4. The van der Waals surface area contributed by atoms with Gasteiger partial charge in [0.15, 0.2) is 5.92 Å². The average Bonchev–Trinajstić information content (AvgIpc) is 2.60. The molecule has 3 heterocycles. The van der Waals surface area contributed by atoms with Gasteiger partial charge < -0.3 is 19.5 Å². The molecule has 0 aromatic heterocycles. The lowest BCUT2D eigenvalue weighted by Crippen LogP contribution is -2.64. The van der Waals surface area contributed by atoms with Crippen molar-refractivity contribution in [3.8, 4) is 0 Å². The number of hydrogen-bond donors (Lipinski definition) is 1. The summed E-state index contributed by atoms with van der Waals surface area (Å²) in [6, 6.07) is 0. The van der Waals surface area contributed by atoms with Gasteiger partial charge in [0.2, 0.25) is 0 Å².